The van der Waals surface area contributed by atoms with Crippen molar-refractivity contribution in [3.05, 3.63) is 77.6 Å². The van der Waals surface area contributed by atoms with Crippen LogP contribution in [0.25, 0.3) is 0 Å². The van der Waals surface area contributed by atoms with Crippen LogP contribution in [0, 0.1) is 6.92 Å². The van der Waals surface area contributed by atoms with Crippen LogP contribution in [0.5, 0.6) is 0 Å². The van der Waals surface area contributed by atoms with E-state index in [4.69, 9.17) is 4.74 Å². The molecule has 0 aliphatic heterocycles. The van der Waals surface area contributed by atoms with Crippen LogP contribution in [0.1, 0.15) is 26.3 Å². The first-order valence-electron chi connectivity index (χ1n) is 8.20. The first kappa shape index (κ1) is 18.1. The van der Waals surface area contributed by atoms with Gasteiger partial charge < -0.3 is 15.4 Å². The fraction of sp³-hybridized carbons (Fsp3) is 0.100. The zero-order valence-corrected chi connectivity index (χ0v) is 14.9. The number of hydrogen-bond acceptors (Lipinski definition) is 6. The molecule has 2 N–H and O–H groups in total. The summed E-state index contributed by atoms with van der Waals surface area (Å²) in [5.74, 6) is -0.410. The van der Waals surface area contributed by atoms with Crippen LogP contribution in [0.2, 0.25) is 0 Å². The molecular formula is C20H18N4O3. The minimum Gasteiger partial charge on any atom is -0.465 e. The molecule has 7 heteroatoms. The Balaban J connectivity index is 1.68. The van der Waals surface area contributed by atoms with Crippen molar-refractivity contribution in [1.82, 2.24) is 9.97 Å². The van der Waals surface area contributed by atoms with Crippen molar-refractivity contribution in [3.8, 4) is 0 Å². The molecule has 1 aromatic heterocycles. The number of carbonyl (C=O) groups is 2. The highest BCUT2D eigenvalue weighted by Gasteiger charge is 2.09. The molecule has 0 unspecified atom stereocenters. The van der Waals surface area contributed by atoms with Gasteiger partial charge in [-0.1, -0.05) is 18.2 Å². The third kappa shape index (κ3) is 4.66. The number of benzene rings is 2. The monoisotopic (exact) mass is 362 g/mol. The lowest BCUT2D eigenvalue weighted by Gasteiger charge is -2.08. The fourth-order valence-corrected chi connectivity index (χ4v) is 2.41. The van der Waals surface area contributed by atoms with Crippen molar-refractivity contribution in [2.24, 2.45) is 0 Å². The summed E-state index contributed by atoms with van der Waals surface area (Å²) in [6, 6.07) is 14.3. The van der Waals surface area contributed by atoms with Gasteiger partial charge in [-0.3, -0.25) is 4.79 Å². The summed E-state index contributed by atoms with van der Waals surface area (Å²) in [5.41, 5.74) is 3.15. The Hall–Kier alpha value is -3.74. The molecule has 0 radical (unpaired) electrons. The van der Waals surface area contributed by atoms with Crippen molar-refractivity contribution in [3.63, 3.8) is 0 Å². The fourth-order valence-electron chi connectivity index (χ4n) is 2.41. The number of rotatable bonds is 5. The van der Waals surface area contributed by atoms with E-state index < -0.39 is 5.97 Å². The summed E-state index contributed by atoms with van der Waals surface area (Å²) in [6.45, 7) is 1.95. The topological polar surface area (TPSA) is 93.2 Å². The predicted octanol–water partition coefficient (Wildman–Crippen LogP) is 3.57. The second kappa shape index (κ2) is 8.09. The first-order valence-corrected chi connectivity index (χ1v) is 8.20. The summed E-state index contributed by atoms with van der Waals surface area (Å²) in [5, 5.41) is 5.79. The van der Waals surface area contributed by atoms with Crippen LogP contribution in [-0.4, -0.2) is 29.0 Å². The van der Waals surface area contributed by atoms with Gasteiger partial charge in [0.1, 0.15) is 0 Å². The quantitative estimate of drug-likeness (QED) is 0.674. The Morgan fingerprint density at radius 2 is 1.63 bits per heavy atom. The SMILES string of the molecule is COC(=O)c1cccc(Nc2ncc(C(=O)Nc3cccc(C)c3)cn2)c1. The van der Waals surface area contributed by atoms with E-state index in [9.17, 15) is 9.59 Å². The van der Waals surface area contributed by atoms with Gasteiger partial charge >= 0.3 is 5.97 Å². The minimum absolute atomic E-state index is 0.292. The molecule has 136 valence electrons. The van der Waals surface area contributed by atoms with E-state index in [0.717, 1.165) is 5.56 Å². The van der Waals surface area contributed by atoms with Crippen LogP contribution < -0.4 is 10.6 Å². The number of anilines is 3. The molecule has 0 spiro atoms. The van der Waals surface area contributed by atoms with Crippen molar-refractivity contribution < 1.29 is 14.3 Å². The smallest absolute Gasteiger partial charge is 0.337 e. The van der Waals surface area contributed by atoms with Crippen molar-refractivity contribution in [1.29, 1.82) is 0 Å². The summed E-state index contributed by atoms with van der Waals surface area (Å²) >= 11 is 0. The van der Waals surface area contributed by atoms with Gasteiger partial charge in [-0.25, -0.2) is 14.8 Å². The molecule has 3 aromatic rings. The number of hydrogen-bond donors (Lipinski definition) is 2. The minimum atomic E-state index is -0.428. The van der Waals surface area contributed by atoms with Gasteiger partial charge in [-0.2, -0.15) is 0 Å². The largest absolute Gasteiger partial charge is 0.465 e. The number of esters is 1. The van der Waals surface area contributed by atoms with Gasteiger partial charge in [0.2, 0.25) is 5.95 Å². The van der Waals surface area contributed by atoms with E-state index in [1.165, 1.54) is 19.5 Å². The standard InChI is InChI=1S/C20H18N4O3/c1-13-5-3-7-16(9-13)23-18(25)15-11-21-20(22-12-15)24-17-8-4-6-14(10-17)19(26)27-2/h3-12H,1-2H3,(H,23,25)(H,21,22,24). The maximum absolute atomic E-state index is 12.3. The van der Waals surface area contributed by atoms with E-state index in [1.807, 2.05) is 31.2 Å². The maximum atomic E-state index is 12.3. The number of nitrogens with zero attached hydrogens (tertiary/aromatic N) is 2. The number of aromatic nitrogens is 2. The van der Waals surface area contributed by atoms with Crippen molar-refractivity contribution in [2.45, 2.75) is 6.92 Å². The van der Waals surface area contributed by atoms with Crippen LogP contribution in [0.3, 0.4) is 0 Å². The molecule has 1 heterocycles. The number of aryl methyl sites for hydroxylation is 1. The van der Waals surface area contributed by atoms with E-state index in [0.29, 0.717) is 28.5 Å². The number of nitrogens with one attached hydrogen (secondary N) is 2. The van der Waals surface area contributed by atoms with Gasteiger partial charge in [0.15, 0.2) is 0 Å². The average molecular weight is 362 g/mol. The molecular weight excluding hydrogens is 344 g/mol. The highest BCUT2D eigenvalue weighted by molar-refractivity contribution is 6.03. The predicted molar refractivity (Wildman–Crippen MR) is 102 cm³/mol. The molecule has 1 amide bonds. The molecule has 0 bridgehead atoms. The second-order valence-corrected chi connectivity index (χ2v) is 5.82. The van der Waals surface area contributed by atoms with Gasteiger partial charge in [0.05, 0.1) is 18.2 Å². The summed E-state index contributed by atoms with van der Waals surface area (Å²) < 4.78 is 4.70. The zero-order valence-electron chi connectivity index (χ0n) is 14.9. The summed E-state index contributed by atoms with van der Waals surface area (Å²) in [7, 11) is 1.33. The number of ether oxygens (including phenoxy) is 1. The number of amides is 1. The van der Waals surface area contributed by atoms with Crippen molar-refractivity contribution in [2.75, 3.05) is 17.7 Å². The molecule has 0 aliphatic carbocycles. The highest BCUT2D eigenvalue weighted by Crippen LogP contribution is 2.16. The van der Waals surface area contributed by atoms with Crippen LogP contribution in [0.4, 0.5) is 17.3 Å². The molecule has 0 atom stereocenters. The highest BCUT2D eigenvalue weighted by atomic mass is 16.5. The van der Waals surface area contributed by atoms with E-state index in [2.05, 4.69) is 20.6 Å². The molecule has 0 saturated carbocycles. The molecule has 7 nitrogen and oxygen atoms in total. The molecule has 2 aromatic carbocycles. The molecule has 0 aliphatic rings. The lowest BCUT2D eigenvalue weighted by molar-refractivity contribution is 0.0600. The van der Waals surface area contributed by atoms with Gasteiger partial charge in [-0.05, 0) is 42.8 Å². The van der Waals surface area contributed by atoms with Gasteiger partial charge in [-0.15, -0.1) is 0 Å². The third-order valence-corrected chi connectivity index (χ3v) is 3.73. The number of carbonyl (C=O) groups excluding carboxylic acids is 2. The molecule has 3 rings (SSSR count). The molecule has 27 heavy (non-hydrogen) atoms. The maximum Gasteiger partial charge on any atom is 0.337 e. The number of methoxy groups -OCH3 is 1. The van der Waals surface area contributed by atoms with E-state index in [-0.39, 0.29) is 5.91 Å². The van der Waals surface area contributed by atoms with Crippen molar-refractivity contribution >= 4 is 29.2 Å². The average Bonchev–Trinajstić information content (AvgIpc) is 2.68. The Bertz CT molecular complexity index is 971. The Labute approximate surface area is 156 Å². The van der Waals surface area contributed by atoms with Crippen LogP contribution >= 0.6 is 0 Å². The summed E-state index contributed by atoms with van der Waals surface area (Å²) in [4.78, 5) is 32.2. The van der Waals surface area contributed by atoms with E-state index >= 15 is 0 Å². The summed E-state index contributed by atoms with van der Waals surface area (Å²) in [6.07, 6.45) is 2.87. The Morgan fingerprint density at radius 3 is 2.33 bits per heavy atom. The lowest BCUT2D eigenvalue weighted by atomic mass is 10.2. The van der Waals surface area contributed by atoms with Crippen LogP contribution in [-0.2, 0) is 4.74 Å². The Morgan fingerprint density at radius 1 is 0.926 bits per heavy atom. The second-order valence-electron chi connectivity index (χ2n) is 5.82. The normalized spacial score (nSPS) is 10.1. The van der Waals surface area contributed by atoms with Gasteiger partial charge in [0, 0.05) is 23.8 Å². The zero-order chi connectivity index (χ0) is 19.2. The lowest BCUT2D eigenvalue weighted by Crippen LogP contribution is -2.13. The molecule has 0 fully saturated rings. The Kier molecular flexibility index (Phi) is 5.41. The molecule has 0 saturated heterocycles. The first-order chi connectivity index (χ1) is 13.0. The van der Waals surface area contributed by atoms with Gasteiger partial charge in [0.25, 0.3) is 5.91 Å². The third-order valence-electron chi connectivity index (χ3n) is 3.73. The van der Waals surface area contributed by atoms with E-state index in [1.54, 1.807) is 24.3 Å². The van der Waals surface area contributed by atoms with Crippen LogP contribution in [0.15, 0.2) is 60.9 Å².